The van der Waals surface area contributed by atoms with Crippen LogP contribution in [-0.2, 0) is 6.54 Å². The van der Waals surface area contributed by atoms with Crippen molar-refractivity contribution < 1.29 is 4.39 Å². The number of hydrogen-bond donors (Lipinski definition) is 1. The van der Waals surface area contributed by atoms with Crippen LogP contribution in [0.1, 0.15) is 43.7 Å². The van der Waals surface area contributed by atoms with Crippen molar-refractivity contribution in [2.75, 3.05) is 0 Å². The van der Waals surface area contributed by atoms with Gasteiger partial charge in [-0.15, -0.1) is 0 Å². The van der Waals surface area contributed by atoms with Crippen molar-refractivity contribution >= 4 is 0 Å². The largest absolute Gasteiger partial charge is 0.310 e. The Hall–Kier alpha value is -1.40. The summed E-state index contributed by atoms with van der Waals surface area (Å²) >= 11 is 0. The summed E-state index contributed by atoms with van der Waals surface area (Å²) in [5.74, 6) is 2.31. The molecule has 20 heavy (non-hydrogen) atoms. The lowest BCUT2D eigenvalue weighted by atomic mass is 9.84. The summed E-state index contributed by atoms with van der Waals surface area (Å²) in [6.45, 7) is 2.81. The van der Waals surface area contributed by atoms with Crippen LogP contribution in [0.3, 0.4) is 0 Å². The summed E-state index contributed by atoms with van der Waals surface area (Å²) in [7, 11) is 0. The number of nitriles is 1. The molecule has 2 saturated carbocycles. The molecule has 0 amide bonds. The third-order valence-corrected chi connectivity index (χ3v) is 5.24. The quantitative estimate of drug-likeness (QED) is 0.908. The number of nitrogens with one attached hydrogen (secondary N) is 1. The molecule has 0 spiro atoms. The predicted molar refractivity (Wildman–Crippen MR) is 76.4 cm³/mol. The number of fused-ring (bicyclic) bond motifs is 2. The molecule has 4 unspecified atom stereocenters. The van der Waals surface area contributed by atoms with Gasteiger partial charge in [-0.3, -0.25) is 0 Å². The average molecular weight is 272 g/mol. The first-order chi connectivity index (χ1) is 9.67. The van der Waals surface area contributed by atoms with Gasteiger partial charge in [0.1, 0.15) is 5.82 Å². The minimum absolute atomic E-state index is 0.270. The molecule has 2 fully saturated rings. The lowest BCUT2D eigenvalue weighted by molar-refractivity contribution is 0.259. The van der Waals surface area contributed by atoms with E-state index in [1.54, 1.807) is 6.07 Å². The molecule has 0 saturated heterocycles. The molecule has 1 aromatic rings. The van der Waals surface area contributed by atoms with E-state index in [1.807, 2.05) is 0 Å². The molecule has 2 nitrogen and oxygen atoms in total. The van der Waals surface area contributed by atoms with E-state index in [2.05, 4.69) is 18.3 Å². The fourth-order valence-corrected chi connectivity index (χ4v) is 4.15. The molecule has 3 heteroatoms. The van der Waals surface area contributed by atoms with Gasteiger partial charge >= 0.3 is 0 Å². The van der Waals surface area contributed by atoms with Gasteiger partial charge in [-0.2, -0.15) is 5.26 Å². The molecule has 106 valence electrons. The molecular weight excluding hydrogens is 251 g/mol. The van der Waals surface area contributed by atoms with Crippen LogP contribution in [0.4, 0.5) is 4.39 Å². The Bertz CT molecular complexity index is 534. The third kappa shape index (κ3) is 2.58. The van der Waals surface area contributed by atoms with E-state index in [0.29, 0.717) is 18.2 Å². The summed E-state index contributed by atoms with van der Waals surface area (Å²) in [6.07, 6.45) is 5.54. The van der Waals surface area contributed by atoms with Crippen LogP contribution in [-0.4, -0.2) is 6.04 Å². The van der Waals surface area contributed by atoms with Crippen LogP contribution in [0.15, 0.2) is 18.2 Å². The number of benzene rings is 1. The van der Waals surface area contributed by atoms with Crippen LogP contribution < -0.4 is 5.32 Å². The maximum Gasteiger partial charge on any atom is 0.123 e. The summed E-state index contributed by atoms with van der Waals surface area (Å²) in [5, 5.41) is 12.6. The summed E-state index contributed by atoms with van der Waals surface area (Å²) in [4.78, 5) is 0. The van der Waals surface area contributed by atoms with E-state index in [9.17, 15) is 4.39 Å². The minimum atomic E-state index is -0.270. The number of hydrogen-bond acceptors (Lipinski definition) is 2. The summed E-state index contributed by atoms with van der Waals surface area (Å²) < 4.78 is 13.3. The van der Waals surface area contributed by atoms with Crippen LogP contribution in [0.5, 0.6) is 0 Å². The molecule has 0 aliphatic heterocycles. The van der Waals surface area contributed by atoms with Gasteiger partial charge in [0.2, 0.25) is 0 Å². The second-order valence-electron chi connectivity index (χ2n) is 6.42. The SMILES string of the molecule is CC(NCc1cc(F)ccc1C#N)C1CC2CCC1C2. The highest BCUT2D eigenvalue weighted by molar-refractivity contribution is 5.37. The average Bonchev–Trinajstić information content (AvgIpc) is 3.07. The maximum absolute atomic E-state index is 13.3. The molecule has 0 radical (unpaired) electrons. The molecule has 4 atom stereocenters. The molecule has 2 bridgehead atoms. The lowest BCUT2D eigenvalue weighted by Gasteiger charge is -2.28. The number of rotatable bonds is 4. The standard InChI is InChI=1S/C17H21FN2/c1-11(17-7-12-2-3-13(17)6-12)20-10-15-8-16(18)5-4-14(15)9-19/h4-5,8,11-13,17,20H,2-3,6-7,10H2,1H3. The van der Waals surface area contributed by atoms with E-state index >= 15 is 0 Å². The van der Waals surface area contributed by atoms with E-state index in [1.165, 1.54) is 37.8 Å². The van der Waals surface area contributed by atoms with Gasteiger partial charge in [-0.1, -0.05) is 6.42 Å². The molecule has 1 aromatic carbocycles. The van der Waals surface area contributed by atoms with E-state index in [-0.39, 0.29) is 5.82 Å². The van der Waals surface area contributed by atoms with Gasteiger partial charge in [-0.25, -0.2) is 4.39 Å². The van der Waals surface area contributed by atoms with Crippen LogP contribution in [0.25, 0.3) is 0 Å². The van der Waals surface area contributed by atoms with Crippen molar-refractivity contribution in [1.82, 2.24) is 5.32 Å². The van der Waals surface area contributed by atoms with Crippen LogP contribution >= 0.6 is 0 Å². The highest BCUT2D eigenvalue weighted by atomic mass is 19.1. The molecule has 0 aromatic heterocycles. The molecule has 3 rings (SSSR count). The molecule has 2 aliphatic rings. The van der Waals surface area contributed by atoms with Gasteiger partial charge < -0.3 is 5.32 Å². The van der Waals surface area contributed by atoms with Crippen molar-refractivity contribution in [2.24, 2.45) is 17.8 Å². The Morgan fingerprint density at radius 1 is 1.40 bits per heavy atom. The van der Waals surface area contributed by atoms with E-state index in [0.717, 1.165) is 23.3 Å². The Morgan fingerprint density at radius 2 is 2.25 bits per heavy atom. The second kappa shape index (κ2) is 5.54. The highest BCUT2D eigenvalue weighted by Crippen LogP contribution is 2.49. The van der Waals surface area contributed by atoms with Crippen molar-refractivity contribution in [3.05, 3.63) is 35.1 Å². The van der Waals surface area contributed by atoms with Crippen molar-refractivity contribution in [3.63, 3.8) is 0 Å². The Balaban J connectivity index is 1.62. The second-order valence-corrected chi connectivity index (χ2v) is 6.42. The van der Waals surface area contributed by atoms with Gasteiger partial charge in [-0.05, 0) is 67.7 Å². The number of halogens is 1. The minimum Gasteiger partial charge on any atom is -0.310 e. The molecule has 1 N–H and O–H groups in total. The van der Waals surface area contributed by atoms with Crippen LogP contribution in [0.2, 0.25) is 0 Å². The first kappa shape index (κ1) is 13.6. The summed E-state index contributed by atoms with van der Waals surface area (Å²) in [5.41, 5.74) is 1.33. The zero-order valence-corrected chi connectivity index (χ0v) is 11.9. The zero-order valence-electron chi connectivity index (χ0n) is 11.9. The van der Waals surface area contributed by atoms with Crippen molar-refractivity contribution in [1.29, 1.82) is 5.26 Å². The first-order valence-electron chi connectivity index (χ1n) is 7.59. The topological polar surface area (TPSA) is 35.8 Å². The predicted octanol–water partition coefficient (Wildman–Crippen LogP) is 3.61. The van der Waals surface area contributed by atoms with Gasteiger partial charge in [0, 0.05) is 12.6 Å². The summed E-state index contributed by atoms with van der Waals surface area (Å²) in [6, 6.07) is 6.96. The van der Waals surface area contributed by atoms with E-state index in [4.69, 9.17) is 5.26 Å². The lowest BCUT2D eigenvalue weighted by Crippen LogP contribution is -2.36. The maximum atomic E-state index is 13.3. The van der Waals surface area contributed by atoms with Gasteiger partial charge in [0.05, 0.1) is 11.6 Å². The molecular formula is C17H21FN2. The van der Waals surface area contributed by atoms with Gasteiger partial charge in [0.15, 0.2) is 0 Å². The Morgan fingerprint density at radius 3 is 2.90 bits per heavy atom. The monoisotopic (exact) mass is 272 g/mol. The fraction of sp³-hybridized carbons (Fsp3) is 0.588. The highest BCUT2D eigenvalue weighted by Gasteiger charge is 2.41. The zero-order chi connectivity index (χ0) is 14.1. The first-order valence-corrected chi connectivity index (χ1v) is 7.59. The van der Waals surface area contributed by atoms with Crippen molar-refractivity contribution in [2.45, 2.75) is 45.2 Å². The van der Waals surface area contributed by atoms with Crippen molar-refractivity contribution in [3.8, 4) is 6.07 Å². The van der Waals surface area contributed by atoms with E-state index < -0.39 is 0 Å². The Labute approximate surface area is 120 Å². The molecule has 2 aliphatic carbocycles. The molecule has 0 heterocycles. The third-order valence-electron chi connectivity index (χ3n) is 5.24. The Kier molecular flexibility index (Phi) is 3.76. The fourth-order valence-electron chi connectivity index (χ4n) is 4.15. The van der Waals surface area contributed by atoms with Crippen LogP contribution in [0, 0.1) is 34.9 Å². The number of nitrogens with zero attached hydrogens (tertiary/aromatic N) is 1. The normalized spacial score (nSPS) is 29.4. The van der Waals surface area contributed by atoms with Gasteiger partial charge in [0.25, 0.3) is 0 Å². The smallest absolute Gasteiger partial charge is 0.123 e.